The third kappa shape index (κ3) is 5.58. The molecule has 7 nitrogen and oxygen atoms in total. The third-order valence-electron chi connectivity index (χ3n) is 6.15. The molecule has 0 spiro atoms. The van der Waals surface area contributed by atoms with Gasteiger partial charge in [-0.25, -0.2) is 9.97 Å². The van der Waals surface area contributed by atoms with E-state index in [1.165, 1.54) is 30.3 Å². The molecular formula is C24H32N6OS2. The van der Waals surface area contributed by atoms with E-state index in [-0.39, 0.29) is 11.7 Å². The van der Waals surface area contributed by atoms with E-state index in [4.69, 9.17) is 4.98 Å². The maximum atomic E-state index is 12.7. The number of thioether (sulfide) groups is 1. The van der Waals surface area contributed by atoms with Gasteiger partial charge in [0.2, 0.25) is 5.91 Å². The quantitative estimate of drug-likeness (QED) is 0.348. The number of hydrogen-bond donors (Lipinski definition) is 1. The number of fused-ring (bicyclic) bond motifs is 1. The number of aromatic nitrogens is 3. The van der Waals surface area contributed by atoms with Crippen LogP contribution in [-0.4, -0.2) is 52.8 Å². The summed E-state index contributed by atoms with van der Waals surface area (Å²) in [4.78, 5) is 30.9. The van der Waals surface area contributed by atoms with Crippen LogP contribution in [0.15, 0.2) is 29.6 Å². The second-order valence-electron chi connectivity index (χ2n) is 8.51. The van der Waals surface area contributed by atoms with Gasteiger partial charge in [-0.2, -0.15) is 4.98 Å². The molecule has 3 aromatic rings. The highest BCUT2D eigenvalue weighted by atomic mass is 32.2. The lowest BCUT2D eigenvalue weighted by molar-refractivity contribution is -0.113. The lowest BCUT2D eigenvalue weighted by Crippen LogP contribution is -2.32. The number of hydrogen-bond acceptors (Lipinski definition) is 8. The summed E-state index contributed by atoms with van der Waals surface area (Å²) in [5, 5.41) is 4.87. The minimum absolute atomic E-state index is 0.0415. The van der Waals surface area contributed by atoms with Gasteiger partial charge in [0.25, 0.3) is 0 Å². The molecule has 1 fully saturated rings. The van der Waals surface area contributed by atoms with Crippen LogP contribution in [0, 0.1) is 12.8 Å². The van der Waals surface area contributed by atoms with Gasteiger partial charge < -0.3 is 15.1 Å². The molecule has 1 aromatic carbocycles. The van der Waals surface area contributed by atoms with Crippen LogP contribution in [0.5, 0.6) is 0 Å². The highest BCUT2D eigenvalue weighted by Gasteiger charge is 2.21. The first-order valence-corrected chi connectivity index (χ1v) is 13.4. The Morgan fingerprint density at radius 1 is 1.24 bits per heavy atom. The van der Waals surface area contributed by atoms with Crippen molar-refractivity contribution in [3.63, 3.8) is 0 Å². The van der Waals surface area contributed by atoms with E-state index >= 15 is 0 Å². The molecule has 1 saturated heterocycles. The molecule has 1 aliphatic heterocycles. The summed E-state index contributed by atoms with van der Waals surface area (Å²) in [5.41, 5.74) is 3.81. The molecule has 2 aromatic heterocycles. The molecule has 4 rings (SSSR count). The highest BCUT2D eigenvalue weighted by Crippen LogP contribution is 2.35. The van der Waals surface area contributed by atoms with E-state index in [9.17, 15) is 4.79 Å². The Labute approximate surface area is 204 Å². The molecular weight excluding hydrogens is 452 g/mol. The van der Waals surface area contributed by atoms with E-state index in [1.54, 1.807) is 17.7 Å². The summed E-state index contributed by atoms with van der Waals surface area (Å²) in [7, 11) is 0. The van der Waals surface area contributed by atoms with Crippen molar-refractivity contribution >= 4 is 55.9 Å². The van der Waals surface area contributed by atoms with Crippen LogP contribution in [0.4, 0.5) is 16.5 Å². The number of nitrogens with one attached hydrogen (secondary N) is 1. The van der Waals surface area contributed by atoms with E-state index in [0.29, 0.717) is 0 Å². The number of nitrogens with zero attached hydrogens (tertiary/aromatic N) is 5. The van der Waals surface area contributed by atoms with Crippen molar-refractivity contribution in [2.45, 2.75) is 45.6 Å². The van der Waals surface area contributed by atoms with Gasteiger partial charge >= 0.3 is 0 Å². The van der Waals surface area contributed by atoms with Crippen LogP contribution < -0.4 is 15.1 Å². The topological polar surface area (TPSA) is 74.2 Å². The lowest BCUT2D eigenvalue weighted by Gasteiger charge is -2.29. The molecule has 0 unspecified atom stereocenters. The number of carbonyl (C=O) groups is 1. The Morgan fingerprint density at radius 3 is 2.70 bits per heavy atom. The average Bonchev–Trinajstić information content (AvgIpc) is 3.25. The number of piperidine rings is 1. The fourth-order valence-electron chi connectivity index (χ4n) is 4.05. The van der Waals surface area contributed by atoms with Gasteiger partial charge in [0.05, 0.1) is 5.75 Å². The number of anilines is 3. The van der Waals surface area contributed by atoms with Gasteiger partial charge in [-0.3, -0.25) is 4.79 Å². The van der Waals surface area contributed by atoms with Crippen molar-refractivity contribution in [2.24, 2.45) is 5.92 Å². The molecule has 1 aliphatic rings. The van der Waals surface area contributed by atoms with Crippen LogP contribution in [0.2, 0.25) is 0 Å². The van der Waals surface area contributed by atoms with Crippen molar-refractivity contribution in [3.8, 4) is 0 Å². The molecule has 3 heterocycles. The monoisotopic (exact) mass is 484 g/mol. The van der Waals surface area contributed by atoms with E-state index in [0.717, 1.165) is 63.9 Å². The molecule has 33 heavy (non-hydrogen) atoms. The van der Waals surface area contributed by atoms with Crippen LogP contribution in [0.3, 0.4) is 0 Å². The zero-order valence-electron chi connectivity index (χ0n) is 19.8. The molecule has 176 valence electrons. The maximum absolute atomic E-state index is 12.7. The molecule has 0 saturated carbocycles. The van der Waals surface area contributed by atoms with Gasteiger partial charge in [-0.15, -0.1) is 0 Å². The Balaban J connectivity index is 1.40. The fourth-order valence-corrected chi connectivity index (χ4v) is 6.00. The van der Waals surface area contributed by atoms with Crippen molar-refractivity contribution in [2.75, 3.05) is 47.0 Å². The predicted octanol–water partition coefficient (Wildman–Crippen LogP) is 5.21. The average molecular weight is 485 g/mol. The summed E-state index contributed by atoms with van der Waals surface area (Å²) in [6, 6.07) is 6.18. The second kappa shape index (κ2) is 10.7. The molecule has 0 aliphatic carbocycles. The Morgan fingerprint density at radius 2 is 2.00 bits per heavy atom. The number of amides is 1. The number of thiazole rings is 1. The van der Waals surface area contributed by atoms with Crippen molar-refractivity contribution < 1.29 is 4.79 Å². The SMILES string of the molecule is CCN(CC)c1ccc(NC(=O)CSc2ncnc3nc(N4CCC(C)CC4)sc23)c(C)c1. The Kier molecular flexibility index (Phi) is 7.70. The van der Waals surface area contributed by atoms with Crippen LogP contribution in [-0.2, 0) is 4.79 Å². The first-order chi connectivity index (χ1) is 16.0. The number of benzene rings is 1. The molecule has 1 amide bonds. The summed E-state index contributed by atoms with van der Waals surface area (Å²) in [5.74, 6) is 1.02. The molecule has 0 atom stereocenters. The maximum Gasteiger partial charge on any atom is 0.234 e. The van der Waals surface area contributed by atoms with Crippen molar-refractivity contribution in [1.29, 1.82) is 0 Å². The largest absolute Gasteiger partial charge is 0.372 e. The van der Waals surface area contributed by atoms with Gasteiger partial charge in [-0.05, 0) is 63.3 Å². The predicted molar refractivity (Wildman–Crippen MR) is 140 cm³/mol. The van der Waals surface area contributed by atoms with E-state index in [2.05, 4.69) is 58.0 Å². The zero-order chi connectivity index (χ0) is 23.4. The number of carbonyl (C=O) groups excluding carboxylic acids is 1. The number of aryl methyl sites for hydroxylation is 1. The van der Waals surface area contributed by atoms with Crippen LogP contribution in [0.25, 0.3) is 10.3 Å². The fraction of sp³-hybridized carbons (Fsp3) is 0.500. The summed E-state index contributed by atoms with van der Waals surface area (Å²) < 4.78 is 0.962. The third-order valence-corrected chi connectivity index (χ3v) is 8.38. The Hall–Kier alpha value is -2.39. The Bertz CT molecular complexity index is 1110. The van der Waals surface area contributed by atoms with E-state index < -0.39 is 0 Å². The minimum Gasteiger partial charge on any atom is -0.372 e. The van der Waals surface area contributed by atoms with Crippen molar-refractivity contribution in [3.05, 3.63) is 30.1 Å². The highest BCUT2D eigenvalue weighted by molar-refractivity contribution is 8.00. The number of rotatable bonds is 8. The van der Waals surface area contributed by atoms with Gasteiger partial charge in [0.15, 0.2) is 10.8 Å². The first-order valence-electron chi connectivity index (χ1n) is 11.6. The van der Waals surface area contributed by atoms with Gasteiger partial charge in [0.1, 0.15) is 16.1 Å². The second-order valence-corrected chi connectivity index (χ2v) is 10.4. The summed E-state index contributed by atoms with van der Waals surface area (Å²) in [6.07, 6.45) is 3.93. The van der Waals surface area contributed by atoms with Crippen LogP contribution in [0.1, 0.15) is 39.2 Å². The van der Waals surface area contributed by atoms with Gasteiger partial charge in [-0.1, -0.05) is 30.0 Å². The molecule has 0 radical (unpaired) electrons. The first kappa shape index (κ1) is 23.8. The molecule has 9 heteroatoms. The molecule has 1 N–H and O–H groups in total. The van der Waals surface area contributed by atoms with E-state index in [1.807, 2.05) is 13.0 Å². The van der Waals surface area contributed by atoms with Crippen LogP contribution >= 0.6 is 23.1 Å². The summed E-state index contributed by atoms with van der Waals surface area (Å²) in [6.45, 7) is 12.6. The molecule has 0 bridgehead atoms. The normalized spacial score (nSPS) is 14.6. The zero-order valence-corrected chi connectivity index (χ0v) is 21.4. The van der Waals surface area contributed by atoms with Crippen molar-refractivity contribution in [1.82, 2.24) is 15.0 Å². The smallest absolute Gasteiger partial charge is 0.234 e. The summed E-state index contributed by atoms with van der Waals surface area (Å²) >= 11 is 3.07. The minimum atomic E-state index is -0.0415. The van der Waals surface area contributed by atoms with Gasteiger partial charge in [0, 0.05) is 37.6 Å². The lowest BCUT2D eigenvalue weighted by atomic mass is 10.00. The standard InChI is InChI=1S/C24H32N6OS2/c1-5-29(6-2)18-7-8-19(17(4)13-18)27-20(31)14-32-23-21-22(25-15-26-23)28-24(33-21)30-11-9-16(3)10-12-30/h7-8,13,15-16H,5-6,9-12,14H2,1-4H3,(H,27,31).